The first-order valence-electron chi connectivity index (χ1n) is 6.97. The van der Waals surface area contributed by atoms with Crippen LogP contribution in [0.25, 0.3) is 0 Å². The van der Waals surface area contributed by atoms with E-state index in [4.69, 9.17) is 15.2 Å². The zero-order valence-corrected chi connectivity index (χ0v) is 12.2. The predicted molar refractivity (Wildman–Crippen MR) is 78.2 cm³/mol. The Balaban J connectivity index is 2.37. The van der Waals surface area contributed by atoms with E-state index in [1.54, 1.807) is 0 Å². The Hall–Kier alpha value is -1.43. The van der Waals surface area contributed by atoms with E-state index in [0.29, 0.717) is 26.2 Å². The van der Waals surface area contributed by atoms with Crippen LogP contribution in [-0.2, 0) is 20.7 Å². The molecule has 0 saturated carbocycles. The first-order chi connectivity index (χ1) is 9.67. The van der Waals surface area contributed by atoms with Crippen LogP contribution in [0.3, 0.4) is 0 Å². The fourth-order valence-corrected chi connectivity index (χ4v) is 1.81. The molecule has 5 heteroatoms. The molecule has 1 amide bonds. The first-order valence-corrected chi connectivity index (χ1v) is 6.97. The molecule has 5 nitrogen and oxygen atoms in total. The van der Waals surface area contributed by atoms with Crippen LogP contribution in [0.2, 0.25) is 0 Å². The second kappa shape index (κ2) is 9.47. The summed E-state index contributed by atoms with van der Waals surface area (Å²) in [5.74, 6) is -0.196. The molecule has 1 rings (SSSR count). The van der Waals surface area contributed by atoms with Crippen molar-refractivity contribution in [2.45, 2.75) is 32.6 Å². The summed E-state index contributed by atoms with van der Waals surface area (Å²) in [4.78, 5) is 11.9. The van der Waals surface area contributed by atoms with Crippen LogP contribution < -0.4 is 11.1 Å². The number of ether oxygens (including phenoxy) is 2. The number of rotatable bonds is 9. The van der Waals surface area contributed by atoms with E-state index in [-0.39, 0.29) is 5.91 Å². The molecule has 20 heavy (non-hydrogen) atoms. The Kier molecular flexibility index (Phi) is 7.87. The standard InChI is InChI=1S/C15H24N2O3/c1-3-19-14(20-4-2)11-17-15(18)13(16)10-12-8-6-5-7-9-12/h5-9,13-14H,3-4,10-11,16H2,1-2H3,(H,17,18)/t13-/m0/s1. The van der Waals surface area contributed by atoms with Gasteiger partial charge < -0.3 is 20.5 Å². The Bertz CT molecular complexity index is 378. The molecule has 0 saturated heterocycles. The molecule has 0 spiro atoms. The summed E-state index contributed by atoms with van der Waals surface area (Å²) in [7, 11) is 0. The Morgan fingerprint density at radius 1 is 1.20 bits per heavy atom. The number of hydrogen-bond acceptors (Lipinski definition) is 4. The molecule has 0 radical (unpaired) electrons. The second-order valence-corrected chi connectivity index (χ2v) is 4.38. The van der Waals surface area contributed by atoms with E-state index < -0.39 is 12.3 Å². The highest BCUT2D eigenvalue weighted by molar-refractivity contribution is 5.81. The number of nitrogens with one attached hydrogen (secondary N) is 1. The van der Waals surface area contributed by atoms with Crippen molar-refractivity contribution in [1.82, 2.24) is 5.32 Å². The highest BCUT2D eigenvalue weighted by atomic mass is 16.7. The van der Waals surface area contributed by atoms with Gasteiger partial charge in [0.2, 0.25) is 5.91 Å². The number of amides is 1. The summed E-state index contributed by atoms with van der Waals surface area (Å²) in [6.45, 7) is 5.15. The quantitative estimate of drug-likeness (QED) is 0.664. The lowest BCUT2D eigenvalue weighted by molar-refractivity contribution is -0.141. The van der Waals surface area contributed by atoms with Gasteiger partial charge in [0.1, 0.15) is 0 Å². The third kappa shape index (κ3) is 6.14. The zero-order chi connectivity index (χ0) is 14.8. The lowest BCUT2D eigenvalue weighted by Crippen LogP contribution is -2.45. The van der Waals surface area contributed by atoms with Gasteiger partial charge in [0.25, 0.3) is 0 Å². The van der Waals surface area contributed by atoms with Crippen molar-refractivity contribution in [3.8, 4) is 0 Å². The van der Waals surface area contributed by atoms with Crippen LogP contribution in [0.5, 0.6) is 0 Å². The molecule has 0 fully saturated rings. The van der Waals surface area contributed by atoms with Crippen molar-refractivity contribution >= 4 is 5.91 Å². The highest BCUT2D eigenvalue weighted by Gasteiger charge is 2.16. The average molecular weight is 280 g/mol. The van der Waals surface area contributed by atoms with Crippen LogP contribution >= 0.6 is 0 Å². The van der Waals surface area contributed by atoms with Crippen molar-refractivity contribution in [2.24, 2.45) is 5.73 Å². The minimum atomic E-state index is -0.568. The number of hydrogen-bond donors (Lipinski definition) is 2. The number of nitrogens with two attached hydrogens (primary N) is 1. The molecule has 1 atom stereocenters. The van der Waals surface area contributed by atoms with Gasteiger partial charge in [0.15, 0.2) is 6.29 Å². The van der Waals surface area contributed by atoms with Gasteiger partial charge in [-0.3, -0.25) is 4.79 Å². The largest absolute Gasteiger partial charge is 0.351 e. The maximum Gasteiger partial charge on any atom is 0.237 e. The molecule has 0 aromatic heterocycles. The van der Waals surface area contributed by atoms with Gasteiger partial charge in [-0.15, -0.1) is 0 Å². The molecule has 0 bridgehead atoms. The highest BCUT2D eigenvalue weighted by Crippen LogP contribution is 2.02. The van der Waals surface area contributed by atoms with Gasteiger partial charge in [-0.1, -0.05) is 30.3 Å². The first kappa shape index (κ1) is 16.6. The van der Waals surface area contributed by atoms with E-state index in [0.717, 1.165) is 5.56 Å². The summed E-state index contributed by atoms with van der Waals surface area (Å²) in [6, 6.07) is 9.14. The van der Waals surface area contributed by atoms with Crippen LogP contribution in [0, 0.1) is 0 Å². The Morgan fingerprint density at radius 2 is 1.80 bits per heavy atom. The molecule has 1 aromatic carbocycles. The maximum absolute atomic E-state index is 11.9. The second-order valence-electron chi connectivity index (χ2n) is 4.38. The number of benzene rings is 1. The van der Waals surface area contributed by atoms with Crippen molar-refractivity contribution in [2.75, 3.05) is 19.8 Å². The van der Waals surface area contributed by atoms with E-state index in [2.05, 4.69) is 5.32 Å². The topological polar surface area (TPSA) is 73.6 Å². The monoisotopic (exact) mass is 280 g/mol. The summed E-state index contributed by atoms with van der Waals surface area (Å²) in [6.07, 6.45) is 0.0959. The molecule has 0 unspecified atom stereocenters. The van der Waals surface area contributed by atoms with Gasteiger partial charge in [-0.05, 0) is 25.8 Å². The molecule has 0 heterocycles. The molecule has 0 aliphatic heterocycles. The normalized spacial score (nSPS) is 12.4. The van der Waals surface area contributed by atoms with Gasteiger partial charge in [-0.25, -0.2) is 0 Å². The third-order valence-electron chi connectivity index (χ3n) is 2.78. The fourth-order valence-electron chi connectivity index (χ4n) is 1.81. The molecular formula is C15H24N2O3. The summed E-state index contributed by atoms with van der Waals surface area (Å²) in [5, 5.41) is 2.76. The van der Waals surface area contributed by atoms with Crippen molar-refractivity contribution in [1.29, 1.82) is 0 Å². The number of carbonyl (C=O) groups excluding carboxylic acids is 1. The summed E-state index contributed by atoms with van der Waals surface area (Å²) < 4.78 is 10.7. The average Bonchev–Trinajstić information content (AvgIpc) is 2.46. The van der Waals surface area contributed by atoms with Crippen LogP contribution in [-0.4, -0.2) is 38.0 Å². The maximum atomic E-state index is 11.9. The van der Waals surface area contributed by atoms with Crippen molar-refractivity contribution < 1.29 is 14.3 Å². The lowest BCUT2D eigenvalue weighted by atomic mass is 10.1. The van der Waals surface area contributed by atoms with Gasteiger partial charge in [0.05, 0.1) is 12.6 Å². The molecule has 0 aliphatic rings. The third-order valence-corrected chi connectivity index (χ3v) is 2.78. The Morgan fingerprint density at radius 3 is 2.35 bits per heavy atom. The summed E-state index contributed by atoms with van der Waals surface area (Å²) in [5.41, 5.74) is 6.93. The van der Waals surface area contributed by atoms with Gasteiger partial charge in [-0.2, -0.15) is 0 Å². The van der Waals surface area contributed by atoms with E-state index in [1.807, 2.05) is 44.2 Å². The van der Waals surface area contributed by atoms with Crippen LogP contribution in [0.4, 0.5) is 0 Å². The molecular weight excluding hydrogens is 256 g/mol. The minimum absolute atomic E-state index is 0.196. The van der Waals surface area contributed by atoms with E-state index >= 15 is 0 Å². The van der Waals surface area contributed by atoms with Crippen LogP contribution in [0.15, 0.2) is 30.3 Å². The number of carbonyl (C=O) groups is 1. The molecule has 1 aromatic rings. The molecule has 3 N–H and O–H groups in total. The van der Waals surface area contributed by atoms with Crippen molar-refractivity contribution in [3.63, 3.8) is 0 Å². The van der Waals surface area contributed by atoms with E-state index in [9.17, 15) is 4.79 Å². The minimum Gasteiger partial charge on any atom is -0.351 e. The molecule has 112 valence electrons. The fraction of sp³-hybridized carbons (Fsp3) is 0.533. The zero-order valence-electron chi connectivity index (χ0n) is 12.2. The smallest absolute Gasteiger partial charge is 0.237 e. The summed E-state index contributed by atoms with van der Waals surface area (Å²) >= 11 is 0. The molecule has 0 aliphatic carbocycles. The lowest BCUT2D eigenvalue weighted by Gasteiger charge is -2.19. The SMILES string of the molecule is CCOC(CNC(=O)[C@@H](N)Cc1ccccc1)OCC. The Labute approximate surface area is 120 Å². The predicted octanol–water partition coefficient (Wildman–Crippen LogP) is 1.07. The van der Waals surface area contributed by atoms with Crippen LogP contribution in [0.1, 0.15) is 19.4 Å². The van der Waals surface area contributed by atoms with Gasteiger partial charge >= 0.3 is 0 Å². The van der Waals surface area contributed by atoms with Gasteiger partial charge in [0, 0.05) is 13.2 Å². The van der Waals surface area contributed by atoms with Crippen molar-refractivity contribution in [3.05, 3.63) is 35.9 Å². The van der Waals surface area contributed by atoms with E-state index in [1.165, 1.54) is 0 Å².